The Labute approximate surface area is 175 Å². The van der Waals surface area contributed by atoms with Crippen LogP contribution in [0.2, 0.25) is 0 Å². The van der Waals surface area contributed by atoms with E-state index in [0.717, 1.165) is 25.3 Å². The lowest BCUT2D eigenvalue weighted by atomic mass is 10.0. The largest absolute Gasteiger partial charge is 0.356 e. The van der Waals surface area contributed by atoms with E-state index in [1.807, 2.05) is 13.8 Å². The van der Waals surface area contributed by atoms with Gasteiger partial charge in [-0.25, -0.2) is 0 Å². The van der Waals surface area contributed by atoms with E-state index in [0.29, 0.717) is 18.9 Å². The molecule has 1 aromatic rings. The van der Waals surface area contributed by atoms with E-state index >= 15 is 0 Å². The summed E-state index contributed by atoms with van der Waals surface area (Å²) in [7, 11) is 1.74. The van der Waals surface area contributed by atoms with Gasteiger partial charge >= 0.3 is 0 Å². The smallest absolute Gasteiger partial charge is 0.221 e. The first-order valence-corrected chi connectivity index (χ1v) is 9.25. The predicted molar refractivity (Wildman–Crippen MR) is 122 cm³/mol. The molecule has 0 spiro atoms. The van der Waals surface area contributed by atoms with Crippen LogP contribution in [-0.2, 0) is 11.2 Å². The van der Waals surface area contributed by atoms with Crippen molar-refractivity contribution in [1.82, 2.24) is 16.0 Å². The second-order valence-electron chi connectivity index (χ2n) is 6.90. The van der Waals surface area contributed by atoms with Crippen LogP contribution in [0.3, 0.4) is 0 Å². The number of nitrogens with one attached hydrogen (secondary N) is 3. The number of carbonyl (C=O) groups excluding carboxylic acids is 1. The Morgan fingerprint density at radius 1 is 1.04 bits per heavy atom. The Kier molecular flexibility index (Phi) is 13.1. The maximum atomic E-state index is 11.6. The molecule has 0 atom stereocenters. The first kappa shape index (κ1) is 24.7. The highest BCUT2D eigenvalue weighted by atomic mass is 127. The minimum absolute atomic E-state index is 0. The van der Waals surface area contributed by atoms with Crippen LogP contribution < -0.4 is 16.0 Å². The molecule has 0 bridgehead atoms. The Morgan fingerprint density at radius 2 is 1.65 bits per heavy atom. The summed E-state index contributed by atoms with van der Waals surface area (Å²) in [5.41, 5.74) is 2.74. The molecule has 0 aliphatic rings. The third-order valence-electron chi connectivity index (χ3n) is 3.90. The van der Waals surface area contributed by atoms with Crippen molar-refractivity contribution in [2.75, 3.05) is 20.1 Å². The van der Waals surface area contributed by atoms with Crippen molar-refractivity contribution in [3.63, 3.8) is 0 Å². The van der Waals surface area contributed by atoms with Crippen LogP contribution in [0.1, 0.15) is 57.6 Å². The van der Waals surface area contributed by atoms with E-state index < -0.39 is 0 Å². The van der Waals surface area contributed by atoms with E-state index in [4.69, 9.17) is 0 Å². The van der Waals surface area contributed by atoms with Crippen molar-refractivity contribution >= 4 is 35.8 Å². The van der Waals surface area contributed by atoms with Gasteiger partial charge in [0.25, 0.3) is 0 Å². The molecule has 0 saturated heterocycles. The molecule has 0 saturated carbocycles. The first-order chi connectivity index (χ1) is 11.9. The van der Waals surface area contributed by atoms with Gasteiger partial charge in [-0.3, -0.25) is 9.79 Å². The number of hydrogen-bond acceptors (Lipinski definition) is 2. The zero-order valence-electron chi connectivity index (χ0n) is 16.8. The van der Waals surface area contributed by atoms with E-state index in [1.54, 1.807) is 7.05 Å². The van der Waals surface area contributed by atoms with Crippen LogP contribution in [0.5, 0.6) is 0 Å². The third kappa shape index (κ3) is 10.6. The number of aryl methyl sites for hydroxylation is 1. The fourth-order valence-corrected chi connectivity index (χ4v) is 2.48. The summed E-state index contributed by atoms with van der Waals surface area (Å²) in [5, 5.41) is 9.34. The van der Waals surface area contributed by atoms with Gasteiger partial charge in [0.15, 0.2) is 5.96 Å². The Hall–Kier alpha value is -1.31. The molecule has 0 aromatic heterocycles. The normalized spacial score (nSPS) is 11.3. The minimum atomic E-state index is 0. The quantitative estimate of drug-likeness (QED) is 0.222. The van der Waals surface area contributed by atoms with Crippen LogP contribution in [-0.4, -0.2) is 38.0 Å². The highest BCUT2D eigenvalue weighted by molar-refractivity contribution is 14.0. The lowest BCUT2D eigenvalue weighted by molar-refractivity contribution is -0.121. The van der Waals surface area contributed by atoms with Crippen molar-refractivity contribution in [3.05, 3.63) is 35.4 Å². The fourth-order valence-electron chi connectivity index (χ4n) is 2.48. The summed E-state index contributed by atoms with van der Waals surface area (Å²) in [6.45, 7) is 9.77. The Morgan fingerprint density at radius 3 is 2.19 bits per heavy atom. The summed E-state index contributed by atoms with van der Waals surface area (Å²) in [6.07, 6.45) is 2.52. The van der Waals surface area contributed by atoms with E-state index in [1.165, 1.54) is 11.1 Å². The summed E-state index contributed by atoms with van der Waals surface area (Å²) in [5.74, 6) is 1.38. The molecule has 26 heavy (non-hydrogen) atoms. The number of amides is 1. The van der Waals surface area contributed by atoms with Gasteiger partial charge in [0.05, 0.1) is 0 Å². The second kappa shape index (κ2) is 13.8. The zero-order chi connectivity index (χ0) is 18.7. The van der Waals surface area contributed by atoms with Crippen LogP contribution in [0.15, 0.2) is 29.3 Å². The molecule has 3 N–H and O–H groups in total. The molecule has 0 fully saturated rings. The van der Waals surface area contributed by atoms with E-state index in [2.05, 4.69) is 59.1 Å². The van der Waals surface area contributed by atoms with Gasteiger partial charge in [-0.1, -0.05) is 38.1 Å². The predicted octanol–water partition coefficient (Wildman–Crippen LogP) is 3.44. The maximum Gasteiger partial charge on any atom is 0.221 e. The number of aliphatic imine (C=N–C) groups is 1. The average molecular weight is 474 g/mol. The Bertz CT molecular complexity index is 541. The molecular formula is C20H35IN4O. The number of guanidine groups is 1. The highest BCUT2D eigenvalue weighted by Crippen LogP contribution is 2.15. The summed E-state index contributed by atoms with van der Waals surface area (Å²) < 4.78 is 0. The summed E-state index contributed by atoms with van der Waals surface area (Å²) in [6, 6.07) is 9.05. The lowest BCUT2D eigenvalue weighted by Crippen LogP contribution is -2.40. The van der Waals surface area contributed by atoms with Crippen LogP contribution in [0.4, 0.5) is 0 Å². The molecule has 0 aliphatic heterocycles. The first-order valence-electron chi connectivity index (χ1n) is 9.25. The van der Waals surface area contributed by atoms with Gasteiger partial charge in [0.1, 0.15) is 0 Å². The molecule has 5 nitrogen and oxygen atoms in total. The van der Waals surface area contributed by atoms with Crippen LogP contribution in [0.25, 0.3) is 0 Å². The number of carbonyl (C=O) groups is 1. The fraction of sp³-hybridized carbons (Fsp3) is 0.600. The molecule has 1 rings (SSSR count). The van der Waals surface area contributed by atoms with Gasteiger partial charge in [0, 0.05) is 32.6 Å². The zero-order valence-corrected chi connectivity index (χ0v) is 19.1. The van der Waals surface area contributed by atoms with Crippen molar-refractivity contribution in [2.24, 2.45) is 4.99 Å². The molecule has 0 unspecified atom stereocenters. The molecule has 148 valence electrons. The summed E-state index contributed by atoms with van der Waals surface area (Å²) >= 11 is 0. The van der Waals surface area contributed by atoms with Gasteiger partial charge < -0.3 is 16.0 Å². The molecule has 0 radical (unpaired) electrons. The number of benzene rings is 1. The van der Waals surface area contributed by atoms with Crippen molar-refractivity contribution < 1.29 is 4.79 Å². The molecule has 1 aromatic carbocycles. The highest BCUT2D eigenvalue weighted by Gasteiger charge is 2.04. The standard InChI is InChI=1S/C20H34N4O.HI/c1-15(2)18-10-8-17(9-11-18)7-6-13-22-20(21-5)23-14-12-19(25)24-16(3)4;/h8-11,15-16H,6-7,12-14H2,1-5H3,(H,24,25)(H2,21,22,23);1H. The monoisotopic (exact) mass is 474 g/mol. The number of halogens is 1. The van der Waals surface area contributed by atoms with Crippen molar-refractivity contribution in [3.8, 4) is 0 Å². The second-order valence-corrected chi connectivity index (χ2v) is 6.90. The molecule has 1 amide bonds. The Balaban J connectivity index is 0.00000625. The lowest BCUT2D eigenvalue weighted by Gasteiger charge is -2.13. The minimum Gasteiger partial charge on any atom is -0.356 e. The van der Waals surface area contributed by atoms with Gasteiger partial charge in [-0.05, 0) is 43.7 Å². The third-order valence-corrected chi connectivity index (χ3v) is 3.90. The van der Waals surface area contributed by atoms with Gasteiger partial charge in [0.2, 0.25) is 5.91 Å². The van der Waals surface area contributed by atoms with Crippen LogP contribution in [0, 0.1) is 0 Å². The van der Waals surface area contributed by atoms with E-state index in [-0.39, 0.29) is 35.9 Å². The SMILES string of the molecule is CN=C(NCCCc1ccc(C(C)C)cc1)NCCC(=O)NC(C)C.I. The molecule has 0 heterocycles. The van der Waals surface area contributed by atoms with Gasteiger partial charge in [-0.15, -0.1) is 24.0 Å². The van der Waals surface area contributed by atoms with Crippen LogP contribution >= 0.6 is 24.0 Å². The van der Waals surface area contributed by atoms with E-state index in [9.17, 15) is 4.79 Å². The molecular weight excluding hydrogens is 439 g/mol. The van der Waals surface area contributed by atoms with Crippen molar-refractivity contribution in [2.45, 2.75) is 58.9 Å². The number of rotatable bonds is 9. The molecule has 6 heteroatoms. The average Bonchev–Trinajstić information content (AvgIpc) is 2.56. The van der Waals surface area contributed by atoms with Crippen molar-refractivity contribution in [1.29, 1.82) is 0 Å². The molecule has 0 aliphatic carbocycles. The number of nitrogens with zero attached hydrogens (tertiary/aromatic N) is 1. The number of hydrogen-bond donors (Lipinski definition) is 3. The summed E-state index contributed by atoms with van der Waals surface area (Å²) in [4.78, 5) is 15.8. The maximum absolute atomic E-state index is 11.6. The van der Waals surface area contributed by atoms with Gasteiger partial charge in [-0.2, -0.15) is 0 Å². The topological polar surface area (TPSA) is 65.5 Å².